The molecule has 2 atom stereocenters. The van der Waals surface area contributed by atoms with Gasteiger partial charge in [0, 0.05) is 6.04 Å². The van der Waals surface area contributed by atoms with Crippen molar-refractivity contribution in [2.24, 2.45) is 0 Å². The average Bonchev–Trinajstić information content (AvgIpc) is 2.25. The van der Waals surface area contributed by atoms with E-state index in [4.69, 9.17) is 9.47 Å². The molecule has 3 nitrogen and oxygen atoms in total. The van der Waals surface area contributed by atoms with E-state index >= 15 is 0 Å². The number of hydrogen-bond acceptors (Lipinski definition) is 3. The van der Waals surface area contributed by atoms with E-state index in [1.54, 1.807) is 0 Å². The van der Waals surface area contributed by atoms with Crippen LogP contribution in [0.2, 0.25) is 0 Å². The first kappa shape index (κ1) is 15.9. The second kappa shape index (κ2) is 8.13. The van der Waals surface area contributed by atoms with Gasteiger partial charge in [0.2, 0.25) is 0 Å². The van der Waals surface area contributed by atoms with Gasteiger partial charge in [0.05, 0.1) is 24.9 Å². The van der Waals surface area contributed by atoms with E-state index in [0.29, 0.717) is 25.4 Å². The molecular formula is C15H31NO2. The van der Waals surface area contributed by atoms with Gasteiger partial charge in [0.15, 0.2) is 0 Å². The Balaban J connectivity index is 2.27. The first-order valence-corrected chi connectivity index (χ1v) is 7.46. The zero-order chi connectivity index (χ0) is 13.4. The van der Waals surface area contributed by atoms with Crippen molar-refractivity contribution < 1.29 is 9.47 Å². The normalized spacial score (nSPS) is 26.7. The molecule has 1 saturated carbocycles. The summed E-state index contributed by atoms with van der Waals surface area (Å²) in [6, 6.07) is 0.514. The Morgan fingerprint density at radius 2 is 1.67 bits per heavy atom. The van der Waals surface area contributed by atoms with Gasteiger partial charge in [-0.25, -0.2) is 0 Å². The topological polar surface area (TPSA) is 30.5 Å². The molecular weight excluding hydrogens is 226 g/mol. The summed E-state index contributed by atoms with van der Waals surface area (Å²) < 4.78 is 11.7. The Morgan fingerprint density at radius 1 is 1.00 bits per heavy atom. The predicted molar refractivity (Wildman–Crippen MR) is 76.0 cm³/mol. The number of likely N-dealkylation sites (N-methyl/N-ethyl adjacent to an activating group) is 1. The van der Waals surface area contributed by atoms with Gasteiger partial charge >= 0.3 is 0 Å². The molecule has 0 saturated heterocycles. The molecule has 2 unspecified atom stereocenters. The van der Waals surface area contributed by atoms with Crippen molar-refractivity contribution in [3.63, 3.8) is 0 Å². The third-order valence-corrected chi connectivity index (χ3v) is 3.52. The highest BCUT2D eigenvalue weighted by Crippen LogP contribution is 2.20. The molecule has 0 aromatic rings. The lowest BCUT2D eigenvalue weighted by molar-refractivity contribution is -0.0613. The molecule has 1 fully saturated rings. The number of nitrogens with one attached hydrogen (secondary N) is 1. The van der Waals surface area contributed by atoms with Crippen LogP contribution in [0.25, 0.3) is 0 Å². The van der Waals surface area contributed by atoms with Gasteiger partial charge in [0.25, 0.3) is 0 Å². The van der Waals surface area contributed by atoms with Crippen molar-refractivity contribution in [2.45, 2.75) is 77.0 Å². The van der Waals surface area contributed by atoms with Crippen molar-refractivity contribution >= 4 is 0 Å². The van der Waals surface area contributed by atoms with Crippen LogP contribution >= 0.6 is 0 Å². The maximum absolute atomic E-state index is 6.03. The summed E-state index contributed by atoms with van der Waals surface area (Å²) in [6.45, 7) is 7.65. The van der Waals surface area contributed by atoms with Gasteiger partial charge in [0.1, 0.15) is 0 Å². The summed E-state index contributed by atoms with van der Waals surface area (Å²) >= 11 is 0. The fourth-order valence-corrected chi connectivity index (χ4v) is 2.53. The van der Waals surface area contributed by atoms with Gasteiger partial charge in [-0.05, 0) is 40.7 Å². The minimum Gasteiger partial charge on any atom is -0.374 e. The lowest BCUT2D eigenvalue weighted by Crippen LogP contribution is -2.40. The van der Waals surface area contributed by atoms with Crippen LogP contribution in [0.5, 0.6) is 0 Å². The van der Waals surface area contributed by atoms with E-state index in [2.05, 4.69) is 26.1 Å². The maximum atomic E-state index is 6.03. The van der Waals surface area contributed by atoms with Crippen molar-refractivity contribution in [3.05, 3.63) is 0 Å². The Hall–Kier alpha value is -0.120. The molecule has 0 bridgehead atoms. The number of rotatable bonds is 5. The van der Waals surface area contributed by atoms with E-state index in [0.717, 1.165) is 0 Å². The molecule has 3 heteroatoms. The molecule has 1 rings (SSSR count). The molecule has 0 spiro atoms. The van der Waals surface area contributed by atoms with E-state index in [-0.39, 0.29) is 5.60 Å². The van der Waals surface area contributed by atoms with Crippen molar-refractivity contribution in [1.29, 1.82) is 0 Å². The SMILES string of the molecule is CNC1CCCCCCC1OCCOC(C)(C)C. The van der Waals surface area contributed by atoms with Gasteiger partial charge in [-0.15, -0.1) is 0 Å². The van der Waals surface area contributed by atoms with Gasteiger partial charge < -0.3 is 14.8 Å². The smallest absolute Gasteiger partial charge is 0.0729 e. The molecule has 0 radical (unpaired) electrons. The molecule has 18 heavy (non-hydrogen) atoms. The lowest BCUT2D eigenvalue weighted by Gasteiger charge is -2.29. The maximum Gasteiger partial charge on any atom is 0.0729 e. The van der Waals surface area contributed by atoms with Crippen LogP contribution in [-0.4, -0.2) is 38.0 Å². The lowest BCUT2D eigenvalue weighted by atomic mass is 9.94. The standard InChI is InChI=1S/C15H31NO2/c1-15(2,3)18-12-11-17-14-10-8-6-5-7-9-13(14)16-4/h13-14,16H,5-12H2,1-4H3. The Labute approximate surface area is 113 Å². The van der Waals surface area contributed by atoms with Crippen molar-refractivity contribution in [2.75, 3.05) is 20.3 Å². The van der Waals surface area contributed by atoms with Crippen LogP contribution in [0.1, 0.15) is 59.3 Å². The van der Waals surface area contributed by atoms with Crippen LogP contribution in [0.15, 0.2) is 0 Å². The second-order valence-electron chi connectivity index (χ2n) is 6.26. The predicted octanol–water partition coefficient (Wildman–Crippen LogP) is 3.13. The molecule has 0 aromatic carbocycles. The van der Waals surface area contributed by atoms with Crippen LogP contribution < -0.4 is 5.32 Å². The Kier molecular flexibility index (Phi) is 7.20. The molecule has 0 heterocycles. The molecule has 1 N–H and O–H groups in total. The highest BCUT2D eigenvalue weighted by atomic mass is 16.5. The molecule has 1 aliphatic carbocycles. The zero-order valence-electron chi connectivity index (χ0n) is 12.6. The molecule has 0 aliphatic heterocycles. The van der Waals surface area contributed by atoms with E-state index in [9.17, 15) is 0 Å². The number of hydrogen-bond donors (Lipinski definition) is 1. The minimum atomic E-state index is -0.0628. The van der Waals surface area contributed by atoms with E-state index < -0.39 is 0 Å². The van der Waals surface area contributed by atoms with Crippen LogP contribution in [0.4, 0.5) is 0 Å². The summed E-state index contributed by atoms with van der Waals surface area (Å²) in [7, 11) is 2.05. The summed E-state index contributed by atoms with van der Waals surface area (Å²) in [5, 5.41) is 3.41. The largest absolute Gasteiger partial charge is 0.374 e. The van der Waals surface area contributed by atoms with Crippen LogP contribution in [0, 0.1) is 0 Å². The highest BCUT2D eigenvalue weighted by molar-refractivity contribution is 4.78. The van der Waals surface area contributed by atoms with E-state index in [1.165, 1.54) is 38.5 Å². The molecule has 1 aliphatic rings. The second-order valence-corrected chi connectivity index (χ2v) is 6.26. The summed E-state index contributed by atoms with van der Waals surface area (Å²) in [4.78, 5) is 0. The number of ether oxygens (including phenoxy) is 2. The third kappa shape index (κ3) is 6.72. The first-order chi connectivity index (χ1) is 8.53. The van der Waals surface area contributed by atoms with Crippen LogP contribution in [0.3, 0.4) is 0 Å². The first-order valence-electron chi connectivity index (χ1n) is 7.46. The Bertz CT molecular complexity index is 213. The third-order valence-electron chi connectivity index (χ3n) is 3.52. The van der Waals surface area contributed by atoms with Crippen molar-refractivity contribution in [1.82, 2.24) is 5.32 Å². The van der Waals surface area contributed by atoms with Gasteiger partial charge in [-0.1, -0.05) is 25.7 Å². The summed E-state index contributed by atoms with van der Waals surface area (Å²) in [5.74, 6) is 0. The quantitative estimate of drug-likeness (QED) is 0.768. The van der Waals surface area contributed by atoms with Crippen molar-refractivity contribution in [3.8, 4) is 0 Å². The summed E-state index contributed by atoms with van der Waals surface area (Å²) in [6.07, 6.45) is 8.13. The fraction of sp³-hybridized carbons (Fsp3) is 1.00. The molecule has 0 amide bonds. The fourth-order valence-electron chi connectivity index (χ4n) is 2.53. The average molecular weight is 257 g/mol. The highest BCUT2D eigenvalue weighted by Gasteiger charge is 2.22. The van der Waals surface area contributed by atoms with Gasteiger partial charge in [-0.3, -0.25) is 0 Å². The Morgan fingerprint density at radius 3 is 2.28 bits per heavy atom. The van der Waals surface area contributed by atoms with Gasteiger partial charge in [-0.2, -0.15) is 0 Å². The van der Waals surface area contributed by atoms with Crippen LogP contribution in [-0.2, 0) is 9.47 Å². The van der Waals surface area contributed by atoms with E-state index in [1.807, 2.05) is 7.05 Å². The molecule has 108 valence electrons. The monoisotopic (exact) mass is 257 g/mol. The summed E-state index contributed by atoms with van der Waals surface area (Å²) in [5.41, 5.74) is -0.0628. The minimum absolute atomic E-state index is 0.0628. The zero-order valence-corrected chi connectivity index (χ0v) is 12.6. The molecule has 0 aromatic heterocycles.